The van der Waals surface area contributed by atoms with Crippen LogP contribution in [0.4, 0.5) is 0 Å². The maximum absolute atomic E-state index is 9.00. The number of fused-ring (bicyclic) bond motifs is 1. The molecule has 0 aromatic rings. The maximum atomic E-state index is 9.00. The third-order valence-corrected chi connectivity index (χ3v) is 3.20. The van der Waals surface area contributed by atoms with E-state index in [-0.39, 0.29) is 18.8 Å². The van der Waals surface area contributed by atoms with E-state index in [0.717, 1.165) is 19.4 Å². The normalized spacial score (nSPS) is 36.2. The average molecular weight is 203 g/mol. The predicted octanol–water partition coefficient (Wildman–Crippen LogP) is -0.254. The minimum atomic E-state index is -0.552. The van der Waals surface area contributed by atoms with Crippen LogP contribution < -0.4 is 0 Å². The van der Waals surface area contributed by atoms with Crippen molar-refractivity contribution in [3.05, 3.63) is 0 Å². The van der Waals surface area contributed by atoms with Gasteiger partial charge in [-0.05, 0) is 0 Å². The standard InChI is InChI=1S/C9H17NO4/c1-12-9(13-2)3-4-10-8(9)5-7(6-11)14-10/h7-8,11H,3-6H2,1-2H3/t7-,8+/m1/s1. The SMILES string of the molecule is COC1(OC)CCN2O[C@@H](CO)C[C@H]21. The monoisotopic (exact) mass is 203 g/mol. The number of nitrogens with zero attached hydrogens (tertiary/aromatic N) is 1. The molecule has 2 fully saturated rings. The van der Waals surface area contributed by atoms with Crippen molar-refractivity contribution in [1.29, 1.82) is 0 Å². The van der Waals surface area contributed by atoms with E-state index in [1.165, 1.54) is 0 Å². The van der Waals surface area contributed by atoms with Crippen LogP contribution in [0.25, 0.3) is 0 Å². The fourth-order valence-corrected chi connectivity index (χ4v) is 2.38. The molecule has 2 rings (SSSR count). The smallest absolute Gasteiger partial charge is 0.186 e. The zero-order chi connectivity index (χ0) is 10.2. The van der Waals surface area contributed by atoms with Crippen molar-refractivity contribution < 1.29 is 19.4 Å². The van der Waals surface area contributed by atoms with Gasteiger partial charge in [0.1, 0.15) is 6.10 Å². The van der Waals surface area contributed by atoms with E-state index in [1.807, 2.05) is 5.06 Å². The first-order chi connectivity index (χ1) is 6.75. The van der Waals surface area contributed by atoms with Gasteiger partial charge >= 0.3 is 0 Å². The molecule has 82 valence electrons. The molecule has 0 spiro atoms. The van der Waals surface area contributed by atoms with Crippen LogP contribution in [0.15, 0.2) is 0 Å². The van der Waals surface area contributed by atoms with Crippen molar-refractivity contribution in [2.45, 2.75) is 30.8 Å². The molecule has 0 unspecified atom stereocenters. The zero-order valence-corrected chi connectivity index (χ0v) is 8.60. The minimum absolute atomic E-state index is 0.0521. The molecule has 2 saturated heterocycles. The van der Waals surface area contributed by atoms with Crippen molar-refractivity contribution in [2.24, 2.45) is 0 Å². The second-order valence-electron chi connectivity index (χ2n) is 3.77. The number of rotatable bonds is 3. The Morgan fingerprint density at radius 1 is 1.50 bits per heavy atom. The minimum Gasteiger partial charge on any atom is -0.394 e. The lowest BCUT2D eigenvalue weighted by Gasteiger charge is -2.30. The average Bonchev–Trinajstić information content (AvgIpc) is 2.75. The molecule has 2 aliphatic heterocycles. The second-order valence-corrected chi connectivity index (χ2v) is 3.77. The molecule has 0 bridgehead atoms. The van der Waals surface area contributed by atoms with Gasteiger partial charge in [-0.15, -0.1) is 0 Å². The number of methoxy groups -OCH3 is 2. The van der Waals surface area contributed by atoms with Gasteiger partial charge in [0.25, 0.3) is 0 Å². The third kappa shape index (κ3) is 1.36. The Kier molecular flexibility index (Phi) is 2.77. The van der Waals surface area contributed by atoms with Gasteiger partial charge in [0.05, 0.1) is 12.6 Å². The van der Waals surface area contributed by atoms with Crippen LogP contribution in [0.5, 0.6) is 0 Å². The fourth-order valence-electron chi connectivity index (χ4n) is 2.38. The lowest BCUT2D eigenvalue weighted by atomic mass is 10.0. The molecule has 0 aromatic heterocycles. The van der Waals surface area contributed by atoms with Gasteiger partial charge in [-0.1, -0.05) is 0 Å². The summed E-state index contributed by atoms with van der Waals surface area (Å²) in [7, 11) is 3.30. The Labute approximate surface area is 83.5 Å². The van der Waals surface area contributed by atoms with Crippen molar-refractivity contribution in [2.75, 3.05) is 27.4 Å². The predicted molar refractivity (Wildman–Crippen MR) is 48.4 cm³/mol. The molecule has 0 amide bonds. The van der Waals surface area contributed by atoms with Crippen molar-refractivity contribution in [1.82, 2.24) is 5.06 Å². The topological polar surface area (TPSA) is 51.2 Å². The van der Waals surface area contributed by atoms with E-state index < -0.39 is 5.79 Å². The van der Waals surface area contributed by atoms with Crippen molar-refractivity contribution in [3.63, 3.8) is 0 Å². The number of aliphatic hydroxyl groups excluding tert-OH is 1. The molecule has 0 radical (unpaired) electrons. The molecule has 5 heteroatoms. The molecule has 0 saturated carbocycles. The molecule has 0 aliphatic carbocycles. The van der Waals surface area contributed by atoms with Crippen LogP contribution in [0.1, 0.15) is 12.8 Å². The third-order valence-electron chi connectivity index (χ3n) is 3.20. The Morgan fingerprint density at radius 3 is 2.79 bits per heavy atom. The Balaban J connectivity index is 2.10. The molecule has 1 N–H and O–H groups in total. The van der Waals surface area contributed by atoms with Gasteiger partial charge in [-0.3, -0.25) is 4.84 Å². The maximum Gasteiger partial charge on any atom is 0.186 e. The summed E-state index contributed by atoms with van der Waals surface area (Å²) in [5.74, 6) is -0.552. The molecule has 0 aromatic carbocycles. The van der Waals surface area contributed by atoms with Gasteiger partial charge in [0.2, 0.25) is 0 Å². The van der Waals surface area contributed by atoms with Gasteiger partial charge in [0, 0.05) is 33.6 Å². The van der Waals surface area contributed by atoms with E-state index in [9.17, 15) is 0 Å². The summed E-state index contributed by atoms with van der Waals surface area (Å²) >= 11 is 0. The zero-order valence-electron chi connectivity index (χ0n) is 8.60. The summed E-state index contributed by atoms with van der Waals surface area (Å²) < 4.78 is 10.9. The largest absolute Gasteiger partial charge is 0.394 e. The quantitative estimate of drug-likeness (QED) is 0.641. The van der Waals surface area contributed by atoms with Crippen molar-refractivity contribution in [3.8, 4) is 0 Å². The molecular weight excluding hydrogens is 186 g/mol. The lowest BCUT2D eigenvalue weighted by molar-refractivity contribution is -0.234. The van der Waals surface area contributed by atoms with Crippen LogP contribution in [-0.4, -0.2) is 55.5 Å². The van der Waals surface area contributed by atoms with Gasteiger partial charge < -0.3 is 14.6 Å². The van der Waals surface area contributed by atoms with Gasteiger partial charge in [-0.2, -0.15) is 5.06 Å². The van der Waals surface area contributed by atoms with Crippen LogP contribution in [0, 0.1) is 0 Å². The molecule has 2 atom stereocenters. The highest BCUT2D eigenvalue weighted by atomic mass is 16.7. The van der Waals surface area contributed by atoms with Crippen LogP contribution in [0.3, 0.4) is 0 Å². The number of hydroxylamine groups is 2. The highest BCUT2D eigenvalue weighted by Crippen LogP contribution is 2.39. The number of hydrogen-bond donors (Lipinski definition) is 1. The summed E-state index contributed by atoms with van der Waals surface area (Å²) in [6, 6.07) is 0.106. The van der Waals surface area contributed by atoms with E-state index >= 15 is 0 Å². The van der Waals surface area contributed by atoms with Crippen LogP contribution in [0.2, 0.25) is 0 Å². The Morgan fingerprint density at radius 2 is 2.21 bits per heavy atom. The summed E-state index contributed by atoms with van der Waals surface area (Å²) in [5.41, 5.74) is 0. The molecule has 14 heavy (non-hydrogen) atoms. The molecular formula is C9H17NO4. The van der Waals surface area contributed by atoms with Gasteiger partial charge in [0.15, 0.2) is 5.79 Å². The number of aliphatic hydroxyl groups is 1. The summed E-state index contributed by atoms with van der Waals surface area (Å²) in [4.78, 5) is 5.52. The highest BCUT2D eigenvalue weighted by molar-refractivity contribution is 4.96. The number of hydrogen-bond acceptors (Lipinski definition) is 5. The van der Waals surface area contributed by atoms with E-state index in [1.54, 1.807) is 14.2 Å². The first-order valence-electron chi connectivity index (χ1n) is 4.90. The van der Waals surface area contributed by atoms with Crippen LogP contribution >= 0.6 is 0 Å². The first kappa shape index (κ1) is 10.3. The van der Waals surface area contributed by atoms with Crippen LogP contribution in [-0.2, 0) is 14.3 Å². The first-order valence-corrected chi connectivity index (χ1v) is 4.90. The fraction of sp³-hybridized carbons (Fsp3) is 1.00. The Bertz CT molecular complexity index is 207. The van der Waals surface area contributed by atoms with Crippen molar-refractivity contribution >= 4 is 0 Å². The van der Waals surface area contributed by atoms with Gasteiger partial charge in [-0.25, -0.2) is 0 Å². The second kappa shape index (κ2) is 3.75. The van der Waals surface area contributed by atoms with E-state index in [2.05, 4.69) is 0 Å². The summed E-state index contributed by atoms with van der Waals surface area (Å²) in [6.07, 6.45) is 1.46. The molecule has 2 aliphatic rings. The molecule has 5 nitrogen and oxygen atoms in total. The van der Waals surface area contributed by atoms with E-state index in [4.69, 9.17) is 19.4 Å². The molecule has 2 heterocycles. The number of ether oxygens (including phenoxy) is 2. The highest BCUT2D eigenvalue weighted by Gasteiger charge is 2.53. The summed E-state index contributed by atoms with van der Waals surface area (Å²) in [5, 5.41) is 10.9. The summed E-state index contributed by atoms with van der Waals surface area (Å²) in [6.45, 7) is 0.847. The lowest BCUT2D eigenvalue weighted by Crippen LogP contribution is -2.44. The van der Waals surface area contributed by atoms with E-state index in [0.29, 0.717) is 0 Å². The Hall–Kier alpha value is -0.200.